The van der Waals surface area contributed by atoms with Crippen molar-refractivity contribution in [1.82, 2.24) is 0 Å². The molecule has 0 saturated carbocycles. The van der Waals surface area contributed by atoms with E-state index in [1.54, 1.807) is 0 Å². The van der Waals surface area contributed by atoms with Gasteiger partial charge in [0.1, 0.15) is 13.2 Å². The van der Waals surface area contributed by atoms with Gasteiger partial charge in [-0.1, -0.05) is 234 Å². The average molecular weight is 807 g/mol. The fraction of sp³-hybridized carbons (Fsp3) is 0.941. The van der Waals surface area contributed by atoms with Gasteiger partial charge in [0, 0.05) is 19.3 Å². The molecule has 0 saturated heterocycles. The second kappa shape index (κ2) is 42.5. The molecule has 0 heterocycles. The molecule has 2 atom stereocenters. The summed E-state index contributed by atoms with van der Waals surface area (Å²) in [6, 6.07) is 0. The molecule has 0 aliphatic rings. The van der Waals surface area contributed by atoms with Gasteiger partial charge in [-0.15, -0.1) is 0 Å². The van der Waals surface area contributed by atoms with Crippen molar-refractivity contribution in [3.05, 3.63) is 0 Å². The number of hydrogen-bond acceptors (Lipinski definition) is 6. The normalized spacial score (nSPS) is 12.6. The smallest absolute Gasteiger partial charge is 0.306 e. The summed E-state index contributed by atoms with van der Waals surface area (Å²) in [5.41, 5.74) is 0. The molecule has 0 N–H and O–H groups in total. The largest absolute Gasteiger partial charge is 0.462 e. The fourth-order valence-corrected chi connectivity index (χ4v) is 7.55. The van der Waals surface area contributed by atoms with Crippen LogP contribution < -0.4 is 0 Å². The molecule has 0 aliphatic heterocycles. The summed E-state index contributed by atoms with van der Waals surface area (Å²) in [5, 5.41) is 0. The van der Waals surface area contributed by atoms with Gasteiger partial charge in [-0.3, -0.25) is 14.4 Å². The Morgan fingerprint density at radius 1 is 0.351 bits per heavy atom. The van der Waals surface area contributed by atoms with Crippen molar-refractivity contribution in [3.8, 4) is 0 Å². The number of ether oxygens (including phenoxy) is 3. The van der Waals surface area contributed by atoms with E-state index in [0.29, 0.717) is 19.3 Å². The summed E-state index contributed by atoms with van der Waals surface area (Å²) < 4.78 is 16.8. The first-order valence-corrected chi connectivity index (χ1v) is 25.1. The third-order valence-electron chi connectivity index (χ3n) is 11.8. The van der Waals surface area contributed by atoms with Crippen LogP contribution in [-0.2, 0) is 28.6 Å². The van der Waals surface area contributed by atoms with Crippen LogP contribution in [0.15, 0.2) is 0 Å². The minimum atomic E-state index is -0.763. The number of esters is 3. The molecule has 57 heavy (non-hydrogen) atoms. The summed E-state index contributed by atoms with van der Waals surface area (Å²) in [5.74, 6) is 1.60. The molecular weight excluding hydrogens is 709 g/mol. The van der Waals surface area contributed by atoms with Crippen LogP contribution in [0.1, 0.15) is 273 Å². The van der Waals surface area contributed by atoms with E-state index in [2.05, 4.69) is 41.5 Å². The lowest BCUT2D eigenvalue weighted by atomic mass is 9.99. The molecule has 338 valence electrons. The summed E-state index contributed by atoms with van der Waals surface area (Å²) in [6.45, 7) is 13.7. The maximum Gasteiger partial charge on any atom is 0.306 e. The van der Waals surface area contributed by atoms with E-state index >= 15 is 0 Å². The van der Waals surface area contributed by atoms with Crippen LogP contribution in [0.25, 0.3) is 0 Å². The maximum absolute atomic E-state index is 12.7. The Hall–Kier alpha value is -1.59. The monoisotopic (exact) mass is 807 g/mol. The lowest BCUT2D eigenvalue weighted by molar-refractivity contribution is -0.167. The third kappa shape index (κ3) is 43.8. The van der Waals surface area contributed by atoms with Gasteiger partial charge < -0.3 is 14.2 Å². The minimum absolute atomic E-state index is 0.0659. The van der Waals surface area contributed by atoms with Crippen molar-refractivity contribution < 1.29 is 28.6 Å². The van der Waals surface area contributed by atoms with E-state index in [1.807, 2.05) is 0 Å². The third-order valence-corrected chi connectivity index (χ3v) is 11.8. The van der Waals surface area contributed by atoms with E-state index in [4.69, 9.17) is 14.2 Å². The summed E-state index contributed by atoms with van der Waals surface area (Å²) in [7, 11) is 0. The zero-order valence-electron chi connectivity index (χ0n) is 39.1. The molecule has 0 aromatic rings. The Balaban J connectivity index is 4.25. The molecule has 1 unspecified atom stereocenters. The van der Waals surface area contributed by atoms with Crippen LogP contribution in [-0.4, -0.2) is 37.2 Å². The van der Waals surface area contributed by atoms with Gasteiger partial charge in [0.2, 0.25) is 0 Å². The number of hydrogen-bond donors (Lipinski definition) is 0. The highest BCUT2D eigenvalue weighted by Gasteiger charge is 2.19. The van der Waals surface area contributed by atoms with E-state index in [-0.39, 0.29) is 31.1 Å². The van der Waals surface area contributed by atoms with Crippen LogP contribution in [0, 0.1) is 17.8 Å². The molecule has 6 heteroatoms. The van der Waals surface area contributed by atoms with Crippen molar-refractivity contribution in [2.45, 2.75) is 279 Å². The summed E-state index contributed by atoms with van der Waals surface area (Å²) in [4.78, 5) is 37.8. The molecular formula is C51H98O6. The van der Waals surface area contributed by atoms with Crippen LogP contribution in [0.2, 0.25) is 0 Å². The minimum Gasteiger partial charge on any atom is -0.462 e. The van der Waals surface area contributed by atoms with E-state index < -0.39 is 6.10 Å². The van der Waals surface area contributed by atoms with Gasteiger partial charge >= 0.3 is 17.9 Å². The van der Waals surface area contributed by atoms with Gasteiger partial charge in [0.15, 0.2) is 6.10 Å². The van der Waals surface area contributed by atoms with E-state index in [1.165, 1.54) is 154 Å². The molecule has 0 aromatic heterocycles. The van der Waals surface area contributed by atoms with Gasteiger partial charge in [0.05, 0.1) is 0 Å². The Kier molecular flexibility index (Phi) is 41.3. The molecule has 0 bridgehead atoms. The highest BCUT2D eigenvalue weighted by molar-refractivity contribution is 5.71. The lowest BCUT2D eigenvalue weighted by Gasteiger charge is -2.18. The van der Waals surface area contributed by atoms with Crippen LogP contribution in [0.4, 0.5) is 0 Å². The Morgan fingerprint density at radius 2 is 0.614 bits per heavy atom. The zero-order valence-corrected chi connectivity index (χ0v) is 39.1. The fourth-order valence-electron chi connectivity index (χ4n) is 7.55. The van der Waals surface area contributed by atoms with Crippen molar-refractivity contribution in [2.24, 2.45) is 17.8 Å². The predicted molar refractivity (Wildman–Crippen MR) is 243 cm³/mol. The number of carbonyl (C=O) groups is 3. The van der Waals surface area contributed by atoms with E-state index in [9.17, 15) is 14.4 Å². The SMILES string of the molecule is CCC(C)CCCCCCCCCCC(=O)O[C@@H](COC(=O)CCCCCCCCCCCCCCCCCC(C)C)COC(=O)CCCCCCCCC(C)C. The van der Waals surface area contributed by atoms with Gasteiger partial charge in [0.25, 0.3) is 0 Å². The Labute approximate surface area is 355 Å². The molecule has 6 nitrogen and oxygen atoms in total. The summed E-state index contributed by atoms with van der Waals surface area (Å²) in [6.07, 6.45) is 41.0. The Morgan fingerprint density at radius 3 is 0.912 bits per heavy atom. The van der Waals surface area contributed by atoms with Gasteiger partial charge in [-0.05, 0) is 37.0 Å². The molecule has 0 fully saturated rings. The quantitative estimate of drug-likeness (QED) is 0.0347. The molecule has 0 spiro atoms. The van der Waals surface area contributed by atoms with Crippen molar-refractivity contribution >= 4 is 17.9 Å². The Bertz CT molecular complexity index is 885. The number of rotatable bonds is 44. The first kappa shape index (κ1) is 55.4. The maximum atomic E-state index is 12.7. The number of carbonyl (C=O) groups excluding carboxylic acids is 3. The van der Waals surface area contributed by atoms with Gasteiger partial charge in [-0.25, -0.2) is 0 Å². The van der Waals surface area contributed by atoms with Crippen molar-refractivity contribution in [3.63, 3.8) is 0 Å². The molecule has 0 aromatic carbocycles. The molecule has 0 rings (SSSR count). The first-order valence-electron chi connectivity index (χ1n) is 25.1. The second-order valence-electron chi connectivity index (χ2n) is 18.6. The standard InChI is InChI=1S/C51H98O6/c1-7-47(6)39-33-27-20-17-18-22-30-36-42-51(54)57-48(44-56-50(53)41-35-29-24-23-26-32-38-46(4)5)43-55-49(52)40-34-28-21-16-14-12-10-8-9-11-13-15-19-25-31-37-45(2)3/h45-48H,7-44H2,1-6H3/t47?,48-/m0/s1. The highest BCUT2D eigenvalue weighted by Crippen LogP contribution is 2.18. The molecule has 0 aliphatic carbocycles. The predicted octanol–water partition coefficient (Wildman–Crippen LogP) is 16.0. The van der Waals surface area contributed by atoms with Crippen LogP contribution in [0.3, 0.4) is 0 Å². The number of unbranched alkanes of at least 4 members (excludes halogenated alkanes) is 26. The van der Waals surface area contributed by atoms with Gasteiger partial charge in [-0.2, -0.15) is 0 Å². The van der Waals surface area contributed by atoms with Crippen molar-refractivity contribution in [1.29, 1.82) is 0 Å². The summed E-state index contributed by atoms with van der Waals surface area (Å²) >= 11 is 0. The second-order valence-corrected chi connectivity index (χ2v) is 18.6. The topological polar surface area (TPSA) is 78.9 Å². The van der Waals surface area contributed by atoms with E-state index in [0.717, 1.165) is 75.5 Å². The highest BCUT2D eigenvalue weighted by atomic mass is 16.6. The lowest BCUT2D eigenvalue weighted by Crippen LogP contribution is -2.30. The average Bonchev–Trinajstić information content (AvgIpc) is 3.18. The molecule has 0 radical (unpaired) electrons. The van der Waals surface area contributed by atoms with Crippen LogP contribution >= 0.6 is 0 Å². The van der Waals surface area contributed by atoms with Crippen molar-refractivity contribution in [2.75, 3.05) is 13.2 Å². The molecule has 0 amide bonds. The zero-order chi connectivity index (χ0) is 42.0. The first-order chi connectivity index (χ1) is 27.6. The van der Waals surface area contributed by atoms with Crippen LogP contribution in [0.5, 0.6) is 0 Å².